The van der Waals surface area contributed by atoms with E-state index in [-0.39, 0.29) is 0 Å². The lowest BCUT2D eigenvalue weighted by atomic mass is 10.2. The first-order valence-corrected chi connectivity index (χ1v) is 8.53. The summed E-state index contributed by atoms with van der Waals surface area (Å²) in [6.07, 6.45) is 1.47. The van der Waals surface area contributed by atoms with Crippen molar-refractivity contribution < 1.29 is 9.21 Å². The number of hydrogen-bond acceptors (Lipinski definition) is 4. The first-order chi connectivity index (χ1) is 11.5. The van der Waals surface area contributed by atoms with E-state index in [1.54, 1.807) is 0 Å². The number of amides is 2. The second-order valence-corrected chi connectivity index (χ2v) is 5.99. The Morgan fingerprint density at radius 1 is 1.29 bits per heavy atom. The van der Waals surface area contributed by atoms with Crippen molar-refractivity contribution in [3.05, 3.63) is 46.1 Å². The second-order valence-electron chi connectivity index (χ2n) is 5.14. The van der Waals surface area contributed by atoms with Crippen LogP contribution in [-0.2, 0) is 0 Å². The van der Waals surface area contributed by atoms with Crippen molar-refractivity contribution in [2.24, 2.45) is 5.10 Å². The van der Waals surface area contributed by atoms with E-state index in [0.717, 1.165) is 29.0 Å². The van der Waals surface area contributed by atoms with Crippen molar-refractivity contribution in [1.82, 2.24) is 5.43 Å². The fraction of sp³-hybridized carbons (Fsp3) is 0.294. The summed E-state index contributed by atoms with van der Waals surface area (Å²) in [5.41, 5.74) is 4.15. The van der Waals surface area contributed by atoms with E-state index in [2.05, 4.69) is 50.5 Å². The van der Waals surface area contributed by atoms with Crippen LogP contribution < -0.4 is 15.6 Å². The van der Waals surface area contributed by atoms with Crippen LogP contribution in [0, 0.1) is 6.92 Å². The van der Waals surface area contributed by atoms with Gasteiger partial charge in [0.25, 0.3) is 0 Å². The van der Waals surface area contributed by atoms with Gasteiger partial charge in [0.1, 0.15) is 5.76 Å². The summed E-state index contributed by atoms with van der Waals surface area (Å²) < 4.78 is 6.65. The zero-order chi connectivity index (χ0) is 17.5. The van der Waals surface area contributed by atoms with Crippen LogP contribution in [0.2, 0.25) is 0 Å². The Morgan fingerprint density at radius 3 is 2.71 bits per heavy atom. The van der Waals surface area contributed by atoms with Crippen LogP contribution in [0.25, 0.3) is 0 Å². The van der Waals surface area contributed by atoms with Gasteiger partial charge in [-0.15, -0.1) is 0 Å². The van der Waals surface area contributed by atoms with Gasteiger partial charge in [-0.2, -0.15) is 5.10 Å². The number of nitrogens with zero attached hydrogens (tertiary/aromatic N) is 2. The minimum atomic E-state index is -0.413. The molecular weight excluding hydrogens is 372 g/mol. The Balaban J connectivity index is 1.89. The number of aryl methyl sites for hydroxylation is 1. The van der Waals surface area contributed by atoms with E-state index in [1.165, 1.54) is 6.21 Å². The van der Waals surface area contributed by atoms with Gasteiger partial charge in [-0.3, -0.25) is 0 Å². The molecular formula is C17H21BrN4O2. The smallest absolute Gasteiger partial charge is 0.339 e. The Bertz CT molecular complexity index is 723. The Kier molecular flexibility index (Phi) is 6.43. The number of furan rings is 1. The highest BCUT2D eigenvalue weighted by atomic mass is 79.9. The normalized spacial score (nSPS) is 10.8. The van der Waals surface area contributed by atoms with Crippen molar-refractivity contribution in [1.29, 1.82) is 0 Å². The monoisotopic (exact) mass is 392 g/mol. The maximum absolute atomic E-state index is 11.8. The topological polar surface area (TPSA) is 69.9 Å². The molecule has 0 aliphatic rings. The minimum absolute atomic E-state index is 0.413. The number of carbonyl (C=O) groups excluding carboxylic acids is 1. The molecule has 0 bridgehead atoms. The summed E-state index contributed by atoms with van der Waals surface area (Å²) in [4.78, 5) is 13.9. The average Bonchev–Trinajstić information content (AvgIpc) is 3.01. The molecule has 24 heavy (non-hydrogen) atoms. The van der Waals surface area contributed by atoms with Crippen molar-refractivity contribution in [3.8, 4) is 0 Å². The lowest BCUT2D eigenvalue weighted by molar-refractivity contribution is 0.252. The number of anilines is 2. The molecule has 2 N–H and O–H groups in total. The van der Waals surface area contributed by atoms with E-state index in [4.69, 9.17) is 4.42 Å². The molecule has 2 rings (SSSR count). The third-order valence-corrected chi connectivity index (χ3v) is 4.35. The van der Waals surface area contributed by atoms with Crippen LogP contribution in [0.1, 0.15) is 25.2 Å². The molecule has 128 valence electrons. The molecule has 2 aromatic rings. The fourth-order valence-corrected chi connectivity index (χ4v) is 2.40. The summed E-state index contributed by atoms with van der Waals surface area (Å²) in [7, 11) is 0. The molecule has 0 radical (unpaired) electrons. The SMILES string of the molecule is CCN(CC)c1ccc(C=NNC(=O)Nc2ccc(Br)c(C)c2)o1. The van der Waals surface area contributed by atoms with Crippen molar-refractivity contribution in [2.45, 2.75) is 20.8 Å². The highest BCUT2D eigenvalue weighted by Crippen LogP contribution is 2.20. The zero-order valence-electron chi connectivity index (χ0n) is 14.0. The van der Waals surface area contributed by atoms with Gasteiger partial charge in [-0.25, -0.2) is 10.2 Å². The van der Waals surface area contributed by atoms with E-state index < -0.39 is 6.03 Å². The maximum Gasteiger partial charge on any atom is 0.339 e. The molecule has 0 unspecified atom stereocenters. The van der Waals surface area contributed by atoms with Crippen molar-refractivity contribution in [3.63, 3.8) is 0 Å². The number of nitrogens with one attached hydrogen (secondary N) is 2. The summed E-state index contributed by atoms with van der Waals surface area (Å²) in [5, 5.41) is 6.61. The van der Waals surface area contributed by atoms with E-state index in [1.807, 2.05) is 37.3 Å². The first kappa shape index (κ1) is 18.1. The van der Waals surface area contributed by atoms with Gasteiger partial charge in [-0.05, 0) is 50.6 Å². The molecule has 0 spiro atoms. The second kappa shape index (κ2) is 8.54. The molecule has 1 heterocycles. The van der Waals surface area contributed by atoms with Gasteiger partial charge in [0, 0.05) is 29.3 Å². The predicted octanol–water partition coefficient (Wildman–Crippen LogP) is 4.35. The Labute approximate surface area is 150 Å². The number of hydrazone groups is 1. The molecule has 0 saturated carbocycles. The van der Waals surface area contributed by atoms with Crippen LogP contribution >= 0.6 is 15.9 Å². The maximum atomic E-state index is 11.8. The number of carbonyl (C=O) groups is 1. The average molecular weight is 393 g/mol. The molecule has 7 heteroatoms. The zero-order valence-corrected chi connectivity index (χ0v) is 15.6. The number of rotatable bonds is 6. The number of benzene rings is 1. The van der Waals surface area contributed by atoms with Crippen LogP contribution in [0.3, 0.4) is 0 Å². The molecule has 0 fully saturated rings. The third-order valence-electron chi connectivity index (χ3n) is 3.46. The Morgan fingerprint density at radius 2 is 2.04 bits per heavy atom. The highest BCUT2D eigenvalue weighted by molar-refractivity contribution is 9.10. The molecule has 0 aliphatic heterocycles. The number of urea groups is 1. The van der Waals surface area contributed by atoms with Gasteiger partial charge in [0.05, 0.1) is 6.21 Å². The van der Waals surface area contributed by atoms with E-state index in [0.29, 0.717) is 11.4 Å². The van der Waals surface area contributed by atoms with E-state index in [9.17, 15) is 4.79 Å². The molecule has 0 atom stereocenters. The summed E-state index contributed by atoms with van der Waals surface area (Å²) in [5.74, 6) is 1.37. The fourth-order valence-electron chi connectivity index (χ4n) is 2.15. The Hall–Kier alpha value is -2.28. The van der Waals surface area contributed by atoms with Crippen molar-refractivity contribution in [2.75, 3.05) is 23.3 Å². The summed E-state index contributed by atoms with van der Waals surface area (Å²) >= 11 is 3.42. The van der Waals surface area contributed by atoms with Gasteiger partial charge in [0.15, 0.2) is 5.88 Å². The van der Waals surface area contributed by atoms with Crippen LogP contribution in [0.15, 0.2) is 44.3 Å². The molecule has 1 aromatic carbocycles. The first-order valence-electron chi connectivity index (χ1n) is 7.74. The van der Waals surface area contributed by atoms with Crippen LogP contribution in [0.5, 0.6) is 0 Å². The largest absolute Gasteiger partial charge is 0.440 e. The molecule has 0 saturated heterocycles. The number of halogens is 1. The van der Waals surface area contributed by atoms with Gasteiger partial charge < -0.3 is 14.6 Å². The molecule has 2 amide bonds. The summed E-state index contributed by atoms with van der Waals surface area (Å²) in [6.45, 7) is 7.82. The minimum Gasteiger partial charge on any atom is -0.440 e. The number of hydrogen-bond donors (Lipinski definition) is 2. The highest BCUT2D eigenvalue weighted by Gasteiger charge is 2.06. The standard InChI is InChI=1S/C17H21BrN4O2/c1-4-22(5-2)16-9-7-14(24-16)11-19-21-17(23)20-13-6-8-15(18)12(3)10-13/h6-11H,4-5H2,1-3H3,(H2,20,21,23). The van der Waals surface area contributed by atoms with Gasteiger partial charge in [0.2, 0.25) is 0 Å². The quantitative estimate of drug-likeness (QED) is 0.566. The third kappa shape index (κ3) is 4.86. The predicted molar refractivity (Wildman–Crippen MR) is 101 cm³/mol. The molecule has 6 nitrogen and oxygen atoms in total. The van der Waals surface area contributed by atoms with Gasteiger partial charge >= 0.3 is 6.03 Å². The summed E-state index contributed by atoms with van der Waals surface area (Å²) in [6, 6.07) is 8.85. The lowest BCUT2D eigenvalue weighted by Crippen LogP contribution is -2.24. The van der Waals surface area contributed by atoms with Crippen LogP contribution in [0.4, 0.5) is 16.4 Å². The van der Waals surface area contributed by atoms with Crippen LogP contribution in [-0.4, -0.2) is 25.3 Å². The van der Waals surface area contributed by atoms with E-state index >= 15 is 0 Å². The van der Waals surface area contributed by atoms with Gasteiger partial charge in [-0.1, -0.05) is 15.9 Å². The molecule has 0 aliphatic carbocycles. The lowest BCUT2D eigenvalue weighted by Gasteiger charge is -2.16. The molecule has 1 aromatic heterocycles. The van der Waals surface area contributed by atoms with Crippen molar-refractivity contribution >= 4 is 39.7 Å².